The number of carbonyl (C=O) groups excluding carboxylic acids is 3. The molecule has 0 aliphatic carbocycles. The summed E-state index contributed by atoms with van der Waals surface area (Å²) in [5.41, 5.74) is 1.28. The summed E-state index contributed by atoms with van der Waals surface area (Å²) in [6.07, 6.45) is 2.16. The minimum atomic E-state index is -0.737. The Kier molecular flexibility index (Phi) is 12.0. The quantitative estimate of drug-likeness (QED) is 0.277. The second kappa shape index (κ2) is 15.9. The molecule has 4 rings (SSSR count). The smallest absolute Gasteiger partial charge is 0.420 e. The molecule has 13 nitrogen and oxygen atoms in total. The Morgan fingerprint density at radius 1 is 0.917 bits per heavy atom. The zero-order chi connectivity index (χ0) is 34.9. The fourth-order valence-electron chi connectivity index (χ4n) is 4.88. The zero-order valence-electron chi connectivity index (χ0n) is 28.7. The first kappa shape index (κ1) is 36.1. The molecule has 2 aromatic heterocycles. The molecule has 1 aliphatic heterocycles. The monoisotopic (exact) mass is 661 g/mol. The highest BCUT2D eigenvalue weighted by atomic mass is 16.6. The van der Waals surface area contributed by atoms with Crippen LogP contribution in [0.25, 0.3) is 11.1 Å². The molecule has 3 heterocycles. The van der Waals surface area contributed by atoms with Crippen LogP contribution in [-0.4, -0.2) is 100.0 Å². The van der Waals surface area contributed by atoms with Crippen molar-refractivity contribution in [1.29, 1.82) is 0 Å². The van der Waals surface area contributed by atoms with E-state index in [1.54, 1.807) is 89.2 Å². The second-order valence-electron chi connectivity index (χ2n) is 13.4. The van der Waals surface area contributed by atoms with Crippen LogP contribution in [0.2, 0.25) is 0 Å². The van der Waals surface area contributed by atoms with Gasteiger partial charge in [-0.15, -0.1) is 0 Å². The molecule has 1 fully saturated rings. The number of nitrogens with one attached hydrogen (secondary N) is 2. The van der Waals surface area contributed by atoms with Crippen LogP contribution in [0.5, 0.6) is 0 Å². The molecule has 0 unspecified atom stereocenters. The number of hydrogen-bond acceptors (Lipinski definition) is 10. The highest BCUT2D eigenvalue weighted by Gasteiger charge is 2.28. The van der Waals surface area contributed by atoms with Crippen LogP contribution < -0.4 is 15.5 Å². The Hall–Kier alpha value is -4.75. The normalized spacial score (nSPS) is 13.4. The lowest BCUT2D eigenvalue weighted by molar-refractivity contribution is -0.132. The number of ether oxygens (including phenoxy) is 2. The Morgan fingerprint density at radius 3 is 2.27 bits per heavy atom. The molecule has 1 aliphatic rings. The molecular weight excluding hydrogens is 614 g/mol. The number of rotatable bonds is 10. The van der Waals surface area contributed by atoms with Crippen LogP contribution in [0.15, 0.2) is 60.9 Å². The predicted octanol–water partition coefficient (Wildman–Crippen LogP) is 4.79. The number of aliphatic hydroxyl groups is 1. The molecule has 0 atom stereocenters. The number of hydrogen-bond donors (Lipinski definition) is 3. The van der Waals surface area contributed by atoms with Gasteiger partial charge in [-0.2, -0.15) is 0 Å². The number of carbonyl (C=O) groups is 3. The van der Waals surface area contributed by atoms with Gasteiger partial charge in [0.05, 0.1) is 12.3 Å². The van der Waals surface area contributed by atoms with Crippen molar-refractivity contribution in [3.05, 3.63) is 66.5 Å². The van der Waals surface area contributed by atoms with Crippen molar-refractivity contribution in [1.82, 2.24) is 25.1 Å². The van der Waals surface area contributed by atoms with Gasteiger partial charge in [-0.1, -0.05) is 12.1 Å². The molecule has 0 saturated carbocycles. The Balaban J connectivity index is 1.46. The molecule has 1 aromatic carbocycles. The average Bonchev–Trinajstić information content (AvgIpc) is 3.03. The van der Waals surface area contributed by atoms with E-state index in [9.17, 15) is 19.5 Å². The van der Waals surface area contributed by atoms with Gasteiger partial charge in [0.15, 0.2) is 0 Å². The maximum absolute atomic E-state index is 13.4. The Morgan fingerprint density at radius 2 is 1.62 bits per heavy atom. The number of benzene rings is 1. The fourth-order valence-corrected chi connectivity index (χ4v) is 4.88. The van der Waals surface area contributed by atoms with Crippen molar-refractivity contribution in [3.8, 4) is 11.1 Å². The molecule has 0 spiro atoms. The summed E-state index contributed by atoms with van der Waals surface area (Å²) in [6.45, 7) is 13.7. The van der Waals surface area contributed by atoms with Gasteiger partial charge in [-0.05, 0) is 89.1 Å². The van der Waals surface area contributed by atoms with Crippen molar-refractivity contribution in [2.75, 3.05) is 56.0 Å². The van der Waals surface area contributed by atoms with Gasteiger partial charge in [0.2, 0.25) is 5.91 Å². The highest BCUT2D eigenvalue weighted by molar-refractivity contribution is 5.96. The molecular formula is C35H47N7O6. The van der Waals surface area contributed by atoms with E-state index in [-0.39, 0.29) is 25.6 Å². The number of aromatic nitrogens is 2. The summed E-state index contributed by atoms with van der Waals surface area (Å²) in [7, 11) is 0. The van der Waals surface area contributed by atoms with Gasteiger partial charge >= 0.3 is 12.2 Å². The van der Waals surface area contributed by atoms with Gasteiger partial charge in [-0.25, -0.2) is 24.5 Å². The maximum Gasteiger partial charge on any atom is 0.420 e. The molecule has 3 amide bonds. The lowest BCUT2D eigenvalue weighted by Crippen LogP contribution is -2.51. The van der Waals surface area contributed by atoms with E-state index in [1.165, 1.54) is 9.80 Å². The fraction of sp³-hybridized carbons (Fsp3) is 0.457. The standard InChI is InChI=1S/C35H47N7O6/c1-34(2,3)47-32(45)41(23-31(44)40-17-14-36-15-18-40)19-16-37-29-11-10-27(22-39-29)26-12-13-38-30(21-26)42(33(46)48-35(4,5)6)28-9-7-8-25(20-28)24-43/h7-13,20-22,36,43H,14-19,23-24H2,1-6H3,(H,37,39). The van der Waals surface area contributed by atoms with E-state index in [0.29, 0.717) is 42.5 Å². The summed E-state index contributed by atoms with van der Waals surface area (Å²) in [5.74, 6) is 0.811. The van der Waals surface area contributed by atoms with Crippen molar-refractivity contribution in [2.24, 2.45) is 0 Å². The van der Waals surface area contributed by atoms with Crippen LogP contribution in [0.4, 0.5) is 26.9 Å². The molecule has 48 heavy (non-hydrogen) atoms. The Bertz CT molecular complexity index is 1550. The second-order valence-corrected chi connectivity index (χ2v) is 13.4. The predicted molar refractivity (Wildman–Crippen MR) is 184 cm³/mol. The molecule has 13 heteroatoms. The van der Waals surface area contributed by atoms with Crippen molar-refractivity contribution < 1.29 is 29.0 Å². The van der Waals surface area contributed by atoms with Crippen LogP contribution in [0.1, 0.15) is 47.1 Å². The third-order valence-corrected chi connectivity index (χ3v) is 7.13. The Labute approximate surface area is 282 Å². The van der Waals surface area contributed by atoms with Gasteiger partial charge in [-0.3, -0.25) is 9.69 Å². The van der Waals surface area contributed by atoms with Crippen LogP contribution in [0, 0.1) is 0 Å². The third kappa shape index (κ3) is 10.6. The number of anilines is 3. The SMILES string of the molecule is CC(C)(C)OC(=O)N(CCNc1ccc(-c2ccnc(N(C(=O)OC(C)(C)C)c3cccc(CO)c3)c2)cn1)CC(=O)N1CCNCC1. The van der Waals surface area contributed by atoms with E-state index in [1.807, 2.05) is 18.2 Å². The highest BCUT2D eigenvalue weighted by Crippen LogP contribution is 2.30. The molecule has 1 saturated heterocycles. The van der Waals surface area contributed by atoms with Crippen LogP contribution in [0.3, 0.4) is 0 Å². The van der Waals surface area contributed by atoms with E-state index in [0.717, 1.165) is 24.2 Å². The molecule has 3 aromatic rings. The van der Waals surface area contributed by atoms with Crippen molar-refractivity contribution >= 4 is 35.4 Å². The minimum Gasteiger partial charge on any atom is -0.444 e. The topological polar surface area (TPSA) is 149 Å². The van der Waals surface area contributed by atoms with E-state index < -0.39 is 23.4 Å². The zero-order valence-corrected chi connectivity index (χ0v) is 28.7. The molecule has 3 N–H and O–H groups in total. The maximum atomic E-state index is 13.4. The molecule has 258 valence electrons. The summed E-state index contributed by atoms with van der Waals surface area (Å²) >= 11 is 0. The van der Waals surface area contributed by atoms with Crippen LogP contribution >= 0.6 is 0 Å². The van der Waals surface area contributed by atoms with Crippen LogP contribution in [-0.2, 0) is 20.9 Å². The summed E-state index contributed by atoms with van der Waals surface area (Å²) < 4.78 is 11.3. The van der Waals surface area contributed by atoms with E-state index in [4.69, 9.17) is 9.47 Å². The molecule has 0 bridgehead atoms. The average molecular weight is 662 g/mol. The first-order chi connectivity index (χ1) is 22.7. The largest absolute Gasteiger partial charge is 0.444 e. The van der Waals surface area contributed by atoms with Gasteiger partial charge in [0, 0.05) is 57.2 Å². The first-order valence-corrected chi connectivity index (χ1v) is 16.1. The van der Waals surface area contributed by atoms with E-state index >= 15 is 0 Å². The van der Waals surface area contributed by atoms with Gasteiger partial charge in [0.25, 0.3) is 0 Å². The summed E-state index contributed by atoms with van der Waals surface area (Å²) in [6, 6.07) is 14.3. The van der Waals surface area contributed by atoms with Gasteiger partial charge < -0.3 is 30.1 Å². The van der Waals surface area contributed by atoms with Gasteiger partial charge in [0.1, 0.15) is 29.4 Å². The lowest BCUT2D eigenvalue weighted by atomic mass is 10.1. The molecule has 0 radical (unpaired) electrons. The third-order valence-electron chi connectivity index (χ3n) is 7.13. The number of pyridine rings is 2. The van der Waals surface area contributed by atoms with Crippen molar-refractivity contribution in [3.63, 3.8) is 0 Å². The number of nitrogens with zero attached hydrogens (tertiary/aromatic N) is 5. The van der Waals surface area contributed by atoms with E-state index in [2.05, 4.69) is 20.6 Å². The number of piperazine rings is 1. The summed E-state index contributed by atoms with van der Waals surface area (Å²) in [4.78, 5) is 52.8. The first-order valence-electron chi connectivity index (χ1n) is 16.1. The van der Waals surface area contributed by atoms with Crippen molar-refractivity contribution in [2.45, 2.75) is 59.4 Å². The lowest BCUT2D eigenvalue weighted by Gasteiger charge is -2.31. The summed E-state index contributed by atoms with van der Waals surface area (Å²) in [5, 5.41) is 16.1. The number of amides is 3. The number of aliphatic hydroxyl groups excluding tert-OH is 1. The minimum absolute atomic E-state index is 0.0715.